The molecule has 2 fully saturated rings. The summed E-state index contributed by atoms with van der Waals surface area (Å²) in [5, 5.41) is 3.07. The number of fused-ring (bicyclic) bond motifs is 4. The van der Waals surface area contributed by atoms with Crippen LogP contribution in [0.3, 0.4) is 0 Å². The molecule has 0 spiro atoms. The summed E-state index contributed by atoms with van der Waals surface area (Å²) in [6, 6.07) is 10.5. The lowest BCUT2D eigenvalue weighted by Gasteiger charge is -2.26. The summed E-state index contributed by atoms with van der Waals surface area (Å²) in [5.74, 6) is -0.0284. The number of benzene rings is 1. The number of methoxy groups -OCH3 is 1. The zero-order valence-electron chi connectivity index (χ0n) is 22.6. The van der Waals surface area contributed by atoms with E-state index in [1.165, 1.54) is 9.80 Å². The molecular weight excluding hydrogens is 518 g/mol. The number of aromatic nitrogens is 1. The van der Waals surface area contributed by atoms with Crippen molar-refractivity contribution in [1.29, 1.82) is 0 Å². The Morgan fingerprint density at radius 1 is 1.07 bits per heavy atom. The number of carbonyl (C=O) groups is 4. The molecule has 3 aliphatic rings. The van der Waals surface area contributed by atoms with E-state index in [-0.39, 0.29) is 63.0 Å². The van der Waals surface area contributed by atoms with Crippen LogP contribution in [0.5, 0.6) is 11.5 Å². The van der Waals surface area contributed by atoms with Crippen molar-refractivity contribution < 1.29 is 33.4 Å². The molecule has 1 aromatic carbocycles. The highest BCUT2D eigenvalue weighted by molar-refractivity contribution is 5.93. The number of ether oxygens (including phenoxy) is 3. The Balaban J connectivity index is 1.40. The minimum atomic E-state index is -0.542. The second-order valence-electron chi connectivity index (χ2n) is 10.1. The highest BCUT2D eigenvalue weighted by atomic mass is 16.6. The average molecular weight is 552 g/mol. The van der Waals surface area contributed by atoms with Gasteiger partial charge in [0.05, 0.1) is 32.8 Å². The molecule has 0 radical (unpaired) electrons. The summed E-state index contributed by atoms with van der Waals surface area (Å²) in [4.78, 5) is 60.4. The molecule has 1 N–H and O–H groups in total. The summed E-state index contributed by atoms with van der Waals surface area (Å²) in [5.41, 5.74) is 1.98. The quantitative estimate of drug-likeness (QED) is 0.600. The summed E-state index contributed by atoms with van der Waals surface area (Å²) in [6.07, 6.45) is -0.0739. The molecule has 2 saturated heterocycles. The number of amides is 4. The Hall–Kier alpha value is -4.35. The lowest BCUT2D eigenvalue weighted by atomic mass is 9.94. The van der Waals surface area contributed by atoms with Crippen LogP contribution in [0.25, 0.3) is 0 Å². The van der Waals surface area contributed by atoms with E-state index in [2.05, 4.69) is 10.3 Å². The first-order valence-corrected chi connectivity index (χ1v) is 13.3. The van der Waals surface area contributed by atoms with Gasteiger partial charge >= 0.3 is 6.09 Å². The van der Waals surface area contributed by atoms with Gasteiger partial charge in [-0.3, -0.25) is 19.3 Å². The van der Waals surface area contributed by atoms with Crippen LogP contribution in [0.1, 0.15) is 34.1 Å². The van der Waals surface area contributed by atoms with Crippen molar-refractivity contribution in [3.63, 3.8) is 0 Å². The number of nitrogens with one attached hydrogen (secondary N) is 1. The second-order valence-corrected chi connectivity index (χ2v) is 10.1. The third kappa shape index (κ3) is 5.95. The zero-order valence-corrected chi connectivity index (χ0v) is 22.6. The zero-order chi connectivity index (χ0) is 28.2. The van der Waals surface area contributed by atoms with Gasteiger partial charge in [0, 0.05) is 31.2 Å². The summed E-state index contributed by atoms with van der Waals surface area (Å²) < 4.78 is 16.5. The SMILES string of the molecule is COc1ccc2cc1OCCCN(C(=O)CN1CCOC1=O)CC(=O)N[C@H]1CN(C(=O)c3cccc(C)n3)C[C@H]21. The van der Waals surface area contributed by atoms with E-state index in [0.717, 1.165) is 11.3 Å². The van der Waals surface area contributed by atoms with E-state index in [9.17, 15) is 19.2 Å². The van der Waals surface area contributed by atoms with E-state index in [0.29, 0.717) is 36.7 Å². The van der Waals surface area contributed by atoms with Crippen LogP contribution in [0.4, 0.5) is 4.79 Å². The van der Waals surface area contributed by atoms with E-state index in [1.807, 2.05) is 31.2 Å². The van der Waals surface area contributed by atoms with Gasteiger partial charge < -0.3 is 29.3 Å². The average Bonchev–Trinajstić information content (AvgIpc) is 3.55. The number of hydrogen-bond acceptors (Lipinski definition) is 8. The lowest BCUT2D eigenvalue weighted by molar-refractivity contribution is -0.136. The fraction of sp³-hybridized carbons (Fsp3) is 0.464. The molecule has 0 unspecified atom stereocenters. The summed E-state index contributed by atoms with van der Waals surface area (Å²) in [7, 11) is 1.56. The van der Waals surface area contributed by atoms with Crippen molar-refractivity contribution in [3.8, 4) is 11.5 Å². The summed E-state index contributed by atoms with van der Waals surface area (Å²) >= 11 is 0. The molecule has 3 aliphatic heterocycles. The van der Waals surface area contributed by atoms with Gasteiger partial charge in [0.2, 0.25) is 11.8 Å². The lowest BCUT2D eigenvalue weighted by Crippen LogP contribution is -2.49. The number of hydrogen-bond donors (Lipinski definition) is 1. The maximum Gasteiger partial charge on any atom is 0.410 e. The molecular formula is C28H33N5O7. The van der Waals surface area contributed by atoms with Gasteiger partial charge in [-0.15, -0.1) is 0 Å². The van der Waals surface area contributed by atoms with Crippen molar-refractivity contribution in [2.45, 2.75) is 25.3 Å². The normalized spacial score (nSPS) is 21.3. The molecule has 0 aliphatic carbocycles. The van der Waals surface area contributed by atoms with Crippen molar-refractivity contribution in [1.82, 2.24) is 25.0 Å². The van der Waals surface area contributed by atoms with Gasteiger partial charge in [-0.1, -0.05) is 12.1 Å². The standard InChI is InChI=1S/C28H33N5O7/c1-18-5-3-6-21(29-18)27(36)33-14-20-19-7-8-23(38-2)24(13-19)39-11-4-9-31(16-25(34)30-22(20)15-33)26(35)17-32-10-12-40-28(32)37/h3,5-8,13,20,22H,4,9-12,14-17H2,1-2H3,(H,30,34)/t20-,22+/m1/s1. The Labute approximate surface area is 232 Å². The number of aryl methyl sites for hydroxylation is 1. The molecule has 5 rings (SSSR count). The Morgan fingerprint density at radius 2 is 1.93 bits per heavy atom. The fourth-order valence-corrected chi connectivity index (χ4v) is 5.30. The number of rotatable bonds is 4. The monoisotopic (exact) mass is 551 g/mol. The molecule has 2 aromatic rings. The Morgan fingerprint density at radius 3 is 2.67 bits per heavy atom. The minimum absolute atomic E-state index is 0.167. The third-order valence-electron chi connectivity index (χ3n) is 7.36. The number of nitrogens with zero attached hydrogens (tertiary/aromatic N) is 4. The van der Waals surface area contributed by atoms with Gasteiger partial charge in [0.1, 0.15) is 18.8 Å². The minimum Gasteiger partial charge on any atom is -0.493 e. The number of carbonyl (C=O) groups excluding carboxylic acids is 4. The molecule has 2 bridgehead atoms. The van der Waals surface area contributed by atoms with E-state index >= 15 is 0 Å². The van der Waals surface area contributed by atoms with E-state index in [1.54, 1.807) is 24.1 Å². The molecule has 12 heteroatoms. The maximum absolute atomic E-state index is 13.4. The van der Waals surface area contributed by atoms with Gasteiger partial charge in [-0.2, -0.15) is 0 Å². The maximum atomic E-state index is 13.4. The van der Waals surface area contributed by atoms with Crippen molar-refractivity contribution in [2.24, 2.45) is 0 Å². The van der Waals surface area contributed by atoms with Gasteiger partial charge in [0.25, 0.3) is 5.91 Å². The third-order valence-corrected chi connectivity index (χ3v) is 7.36. The Bertz CT molecular complexity index is 1300. The van der Waals surface area contributed by atoms with Crippen LogP contribution in [0.15, 0.2) is 36.4 Å². The predicted molar refractivity (Wildman–Crippen MR) is 142 cm³/mol. The molecule has 4 heterocycles. The smallest absolute Gasteiger partial charge is 0.410 e. The van der Waals surface area contributed by atoms with Gasteiger partial charge in [-0.05, 0) is 43.2 Å². The number of cyclic esters (lactones) is 1. The van der Waals surface area contributed by atoms with Crippen LogP contribution in [0, 0.1) is 6.92 Å². The van der Waals surface area contributed by atoms with Gasteiger partial charge in [-0.25, -0.2) is 9.78 Å². The van der Waals surface area contributed by atoms with Crippen LogP contribution in [0.2, 0.25) is 0 Å². The first-order chi connectivity index (χ1) is 19.3. The van der Waals surface area contributed by atoms with Crippen LogP contribution in [-0.2, 0) is 14.3 Å². The van der Waals surface area contributed by atoms with E-state index in [4.69, 9.17) is 14.2 Å². The molecule has 1 aromatic heterocycles. The highest BCUT2D eigenvalue weighted by Gasteiger charge is 2.39. The van der Waals surface area contributed by atoms with Gasteiger partial charge in [0.15, 0.2) is 11.5 Å². The van der Waals surface area contributed by atoms with Crippen molar-refractivity contribution in [3.05, 3.63) is 53.3 Å². The second kappa shape index (κ2) is 11.8. The van der Waals surface area contributed by atoms with E-state index < -0.39 is 12.1 Å². The van der Waals surface area contributed by atoms with Crippen molar-refractivity contribution >= 4 is 23.8 Å². The van der Waals surface area contributed by atoms with Crippen LogP contribution < -0.4 is 14.8 Å². The fourth-order valence-electron chi connectivity index (χ4n) is 5.30. The first kappa shape index (κ1) is 27.2. The molecule has 212 valence electrons. The van der Waals surface area contributed by atoms with Crippen LogP contribution in [-0.4, -0.2) is 109 Å². The molecule has 12 nitrogen and oxygen atoms in total. The molecule has 0 saturated carbocycles. The predicted octanol–water partition coefficient (Wildman–Crippen LogP) is 1.19. The molecule has 40 heavy (non-hydrogen) atoms. The Kier molecular flexibility index (Phi) is 8.04. The number of likely N-dealkylation sites (tertiary alicyclic amines) is 1. The highest BCUT2D eigenvalue weighted by Crippen LogP contribution is 2.35. The number of pyridine rings is 1. The molecule has 2 atom stereocenters. The first-order valence-electron chi connectivity index (χ1n) is 13.3. The summed E-state index contributed by atoms with van der Waals surface area (Å²) in [6.45, 7) is 3.23. The molecule has 4 amide bonds. The van der Waals surface area contributed by atoms with Crippen LogP contribution >= 0.6 is 0 Å². The topological polar surface area (TPSA) is 131 Å². The van der Waals surface area contributed by atoms with Crippen molar-refractivity contribution in [2.75, 3.05) is 59.6 Å². The largest absolute Gasteiger partial charge is 0.493 e.